The molecule has 0 heterocycles. The highest BCUT2D eigenvalue weighted by Crippen LogP contribution is 2.22. The predicted molar refractivity (Wildman–Crippen MR) is 68.0 cm³/mol. The van der Waals surface area contributed by atoms with E-state index >= 15 is 0 Å². The van der Waals surface area contributed by atoms with Gasteiger partial charge in [0.05, 0.1) is 0 Å². The Hall–Kier alpha value is -1.32. The maximum atomic E-state index is 12.0. The van der Waals surface area contributed by atoms with Gasteiger partial charge in [0.25, 0.3) is 0 Å². The molecule has 0 saturated heterocycles. The van der Waals surface area contributed by atoms with Gasteiger partial charge >= 0.3 is 0 Å². The molecule has 0 radical (unpaired) electrons. The Morgan fingerprint density at radius 3 is 1.50 bits per heavy atom. The third-order valence-electron chi connectivity index (χ3n) is 3.91. The minimum atomic E-state index is -0.601. The Morgan fingerprint density at radius 1 is 0.722 bits per heavy atom. The number of Topliss-reactive ketones (excluding diaryl/α,β-unsaturated/α-hetero) is 2. The molecule has 0 bridgehead atoms. The average molecular weight is 254 g/mol. The van der Waals surface area contributed by atoms with E-state index in [0.717, 1.165) is 6.29 Å². The molecule has 0 aromatic carbocycles. The van der Waals surface area contributed by atoms with Crippen molar-refractivity contribution in [3.8, 4) is 0 Å². The van der Waals surface area contributed by atoms with E-state index in [0.29, 0.717) is 6.29 Å². The standard InChI is InChI=1S/C14H22O4/c1-8(6-15)10(3)12(5)14(18)13(17)11(4)9(2)7-16/h6-12H,1-5H3. The Balaban J connectivity index is 4.79. The summed E-state index contributed by atoms with van der Waals surface area (Å²) in [5, 5.41) is 0. The third-order valence-corrected chi connectivity index (χ3v) is 3.91. The first-order valence-corrected chi connectivity index (χ1v) is 6.26. The summed E-state index contributed by atoms with van der Waals surface area (Å²) < 4.78 is 0. The van der Waals surface area contributed by atoms with Gasteiger partial charge in [-0.3, -0.25) is 9.59 Å². The maximum absolute atomic E-state index is 12.0. The summed E-state index contributed by atoms with van der Waals surface area (Å²) in [5.74, 6) is -3.03. The summed E-state index contributed by atoms with van der Waals surface area (Å²) in [6.07, 6.45) is 1.47. The Morgan fingerprint density at radius 2 is 1.11 bits per heavy atom. The second-order valence-corrected chi connectivity index (χ2v) is 5.16. The van der Waals surface area contributed by atoms with Crippen LogP contribution < -0.4 is 0 Å². The molecule has 0 aliphatic rings. The molecule has 4 nitrogen and oxygen atoms in total. The fourth-order valence-corrected chi connectivity index (χ4v) is 1.62. The van der Waals surface area contributed by atoms with E-state index in [1.807, 2.05) is 0 Å². The molecule has 0 saturated carbocycles. The van der Waals surface area contributed by atoms with Crippen molar-refractivity contribution in [2.24, 2.45) is 29.6 Å². The minimum absolute atomic E-state index is 0.183. The van der Waals surface area contributed by atoms with E-state index in [2.05, 4.69) is 0 Å². The second kappa shape index (κ2) is 7.19. The molecular formula is C14H22O4. The van der Waals surface area contributed by atoms with Crippen molar-refractivity contribution >= 4 is 24.1 Å². The van der Waals surface area contributed by atoms with Crippen LogP contribution in [0.15, 0.2) is 0 Å². The molecule has 0 aliphatic heterocycles. The lowest BCUT2D eigenvalue weighted by atomic mass is 9.79. The van der Waals surface area contributed by atoms with Gasteiger partial charge < -0.3 is 9.59 Å². The zero-order valence-corrected chi connectivity index (χ0v) is 11.7. The fourth-order valence-electron chi connectivity index (χ4n) is 1.62. The lowest BCUT2D eigenvalue weighted by Gasteiger charge is -2.22. The topological polar surface area (TPSA) is 68.3 Å². The van der Waals surface area contributed by atoms with Crippen LogP contribution >= 0.6 is 0 Å². The number of carbonyl (C=O) groups is 4. The first kappa shape index (κ1) is 16.7. The molecule has 0 amide bonds. The SMILES string of the molecule is CC(C=O)C(C)C(=O)C(=O)C(C)C(C)C(C)C=O. The van der Waals surface area contributed by atoms with Gasteiger partial charge in [-0.15, -0.1) is 0 Å². The molecule has 0 N–H and O–H groups in total. The van der Waals surface area contributed by atoms with E-state index < -0.39 is 29.3 Å². The van der Waals surface area contributed by atoms with Crippen molar-refractivity contribution in [3.63, 3.8) is 0 Å². The first-order chi connectivity index (χ1) is 8.27. The average Bonchev–Trinajstić information content (AvgIpc) is 2.40. The molecule has 0 fully saturated rings. The number of hydrogen-bond acceptors (Lipinski definition) is 4. The molecule has 5 unspecified atom stereocenters. The van der Waals surface area contributed by atoms with Gasteiger partial charge in [0.2, 0.25) is 11.6 Å². The van der Waals surface area contributed by atoms with E-state index in [1.165, 1.54) is 0 Å². The molecule has 18 heavy (non-hydrogen) atoms. The van der Waals surface area contributed by atoms with Crippen LogP contribution in [0.3, 0.4) is 0 Å². The smallest absolute Gasteiger partial charge is 0.202 e. The molecule has 4 heteroatoms. The van der Waals surface area contributed by atoms with E-state index in [1.54, 1.807) is 34.6 Å². The van der Waals surface area contributed by atoms with Gasteiger partial charge in [-0.25, -0.2) is 0 Å². The summed E-state index contributed by atoms with van der Waals surface area (Å²) >= 11 is 0. The molecule has 0 aromatic rings. The molecule has 0 spiro atoms. The van der Waals surface area contributed by atoms with Crippen molar-refractivity contribution in [3.05, 3.63) is 0 Å². The van der Waals surface area contributed by atoms with Crippen LogP contribution in [0.4, 0.5) is 0 Å². The highest BCUT2D eigenvalue weighted by molar-refractivity contribution is 6.38. The Bertz CT molecular complexity index is 335. The number of hydrogen-bond donors (Lipinski definition) is 0. The van der Waals surface area contributed by atoms with Crippen LogP contribution in [0.5, 0.6) is 0 Å². The number of carbonyl (C=O) groups excluding carboxylic acids is 4. The summed E-state index contributed by atoms with van der Waals surface area (Å²) in [4.78, 5) is 45.2. The van der Waals surface area contributed by atoms with Crippen molar-refractivity contribution in [1.82, 2.24) is 0 Å². The number of ketones is 2. The van der Waals surface area contributed by atoms with Crippen LogP contribution in [0.1, 0.15) is 34.6 Å². The molecule has 102 valence electrons. The van der Waals surface area contributed by atoms with Gasteiger partial charge in [-0.1, -0.05) is 34.6 Å². The van der Waals surface area contributed by atoms with Crippen molar-refractivity contribution < 1.29 is 19.2 Å². The summed E-state index contributed by atoms with van der Waals surface area (Å²) in [5.41, 5.74) is 0. The maximum Gasteiger partial charge on any atom is 0.202 e. The van der Waals surface area contributed by atoms with Crippen LogP contribution in [-0.4, -0.2) is 24.1 Å². The fraction of sp³-hybridized carbons (Fsp3) is 0.714. The molecule has 0 rings (SSSR count). The summed E-state index contributed by atoms with van der Waals surface area (Å²) in [6, 6.07) is 0. The Kier molecular flexibility index (Phi) is 6.66. The monoisotopic (exact) mass is 254 g/mol. The van der Waals surface area contributed by atoms with Gasteiger partial charge in [0.1, 0.15) is 12.6 Å². The molecule has 0 aliphatic carbocycles. The van der Waals surface area contributed by atoms with Crippen molar-refractivity contribution in [2.45, 2.75) is 34.6 Å². The lowest BCUT2D eigenvalue weighted by Crippen LogP contribution is -2.35. The zero-order chi connectivity index (χ0) is 14.5. The normalized spacial score (nSPS) is 19.2. The van der Waals surface area contributed by atoms with Crippen LogP contribution in [0.25, 0.3) is 0 Å². The number of aldehydes is 2. The van der Waals surface area contributed by atoms with Gasteiger partial charge in [-0.05, 0) is 5.92 Å². The van der Waals surface area contributed by atoms with Gasteiger partial charge in [0.15, 0.2) is 0 Å². The predicted octanol–water partition coefficient (Wildman–Crippen LogP) is 1.70. The zero-order valence-electron chi connectivity index (χ0n) is 11.7. The number of rotatable bonds is 8. The summed E-state index contributed by atoms with van der Waals surface area (Å²) in [6.45, 7) is 8.36. The van der Waals surface area contributed by atoms with E-state index in [-0.39, 0.29) is 11.8 Å². The highest BCUT2D eigenvalue weighted by Gasteiger charge is 2.33. The van der Waals surface area contributed by atoms with Crippen LogP contribution in [0.2, 0.25) is 0 Å². The van der Waals surface area contributed by atoms with Crippen molar-refractivity contribution in [2.75, 3.05) is 0 Å². The van der Waals surface area contributed by atoms with Crippen LogP contribution in [-0.2, 0) is 19.2 Å². The van der Waals surface area contributed by atoms with Crippen LogP contribution in [0, 0.1) is 29.6 Å². The largest absolute Gasteiger partial charge is 0.303 e. The molecular weight excluding hydrogens is 232 g/mol. The lowest BCUT2D eigenvalue weighted by molar-refractivity contribution is -0.143. The first-order valence-electron chi connectivity index (χ1n) is 6.26. The second-order valence-electron chi connectivity index (χ2n) is 5.16. The molecule has 5 atom stereocenters. The van der Waals surface area contributed by atoms with E-state index in [4.69, 9.17) is 0 Å². The third kappa shape index (κ3) is 3.86. The van der Waals surface area contributed by atoms with Gasteiger partial charge in [0, 0.05) is 23.7 Å². The van der Waals surface area contributed by atoms with E-state index in [9.17, 15) is 19.2 Å². The van der Waals surface area contributed by atoms with Gasteiger partial charge in [-0.2, -0.15) is 0 Å². The quantitative estimate of drug-likeness (QED) is 0.488. The Labute approximate surface area is 108 Å². The minimum Gasteiger partial charge on any atom is -0.303 e. The van der Waals surface area contributed by atoms with Crippen molar-refractivity contribution in [1.29, 1.82) is 0 Å². The summed E-state index contributed by atoms with van der Waals surface area (Å²) in [7, 11) is 0. The molecule has 0 aromatic heterocycles. The highest BCUT2D eigenvalue weighted by atomic mass is 16.2.